The predicted molar refractivity (Wildman–Crippen MR) is 106 cm³/mol. The van der Waals surface area contributed by atoms with E-state index in [0.717, 1.165) is 31.4 Å². The highest BCUT2D eigenvalue weighted by Crippen LogP contribution is 2.31. The monoisotopic (exact) mass is 454 g/mol. The second kappa shape index (κ2) is 10.1. The van der Waals surface area contributed by atoms with Crippen molar-refractivity contribution in [3.63, 3.8) is 0 Å². The molecule has 2 aromatic rings. The third kappa shape index (κ3) is 6.02. The maximum atomic E-state index is 12.4. The van der Waals surface area contributed by atoms with Crippen LogP contribution in [0.5, 0.6) is 0 Å². The van der Waals surface area contributed by atoms with E-state index in [2.05, 4.69) is 36.7 Å². The van der Waals surface area contributed by atoms with E-state index in [1.54, 1.807) is 18.5 Å². The Bertz CT molecular complexity index is 930. The molecule has 0 aromatic carbocycles. The van der Waals surface area contributed by atoms with Crippen LogP contribution < -0.4 is 5.32 Å². The molecule has 2 aliphatic rings. The van der Waals surface area contributed by atoms with Crippen molar-refractivity contribution in [1.82, 2.24) is 29.7 Å². The molecule has 12 heteroatoms. The molecular weight excluding hydrogens is 429 g/mol. The number of rotatable bonds is 5. The summed E-state index contributed by atoms with van der Waals surface area (Å²) < 4.78 is 33.9. The fourth-order valence-electron chi connectivity index (χ4n) is 3.57. The Morgan fingerprint density at radius 1 is 1.22 bits per heavy atom. The Labute approximate surface area is 182 Å². The van der Waals surface area contributed by atoms with Crippen LogP contribution in [-0.4, -0.2) is 60.7 Å². The van der Waals surface area contributed by atoms with Crippen molar-refractivity contribution in [2.24, 2.45) is 5.92 Å². The number of fused-ring (bicyclic) bond motifs is 1. The van der Waals surface area contributed by atoms with Gasteiger partial charge in [0.25, 0.3) is 5.91 Å². The van der Waals surface area contributed by atoms with Crippen molar-refractivity contribution in [2.45, 2.75) is 51.5 Å². The van der Waals surface area contributed by atoms with E-state index < -0.39 is 12.1 Å². The zero-order chi connectivity index (χ0) is 23.3. The first-order valence-corrected chi connectivity index (χ1v) is 10.3. The summed E-state index contributed by atoms with van der Waals surface area (Å²) in [6.07, 6.45) is 4.20. The Morgan fingerprint density at radius 2 is 1.88 bits per heavy atom. The molecule has 1 amide bonds. The van der Waals surface area contributed by atoms with Crippen LogP contribution >= 0.6 is 0 Å². The summed E-state index contributed by atoms with van der Waals surface area (Å²) in [7, 11) is 0. The summed E-state index contributed by atoms with van der Waals surface area (Å²) in [4.78, 5) is 36.6. The highest BCUT2D eigenvalue weighted by atomic mass is 19.4. The van der Waals surface area contributed by atoms with Crippen molar-refractivity contribution in [2.75, 3.05) is 13.1 Å². The predicted octanol–water partition coefficient (Wildman–Crippen LogP) is 2.41. The van der Waals surface area contributed by atoms with Crippen LogP contribution in [0.15, 0.2) is 24.7 Å². The van der Waals surface area contributed by atoms with Crippen molar-refractivity contribution in [3.8, 4) is 0 Å². The minimum Gasteiger partial charge on any atom is -0.475 e. The van der Waals surface area contributed by atoms with E-state index in [4.69, 9.17) is 9.90 Å². The molecule has 32 heavy (non-hydrogen) atoms. The molecule has 1 unspecified atom stereocenters. The lowest BCUT2D eigenvalue weighted by Gasteiger charge is -2.38. The number of hydrogen-bond donors (Lipinski definition) is 2. The number of nitrogens with zero attached hydrogens (tertiary/aromatic N) is 5. The number of carboxylic acid groups (broad SMARTS) is 1. The lowest BCUT2D eigenvalue weighted by atomic mass is 9.84. The average Bonchev–Trinajstić information content (AvgIpc) is 3.16. The number of nitrogens with one attached hydrogen (secondary N) is 1. The second-order valence-electron chi connectivity index (χ2n) is 7.80. The van der Waals surface area contributed by atoms with Crippen LogP contribution in [0.4, 0.5) is 13.2 Å². The van der Waals surface area contributed by atoms with E-state index >= 15 is 0 Å². The summed E-state index contributed by atoms with van der Waals surface area (Å²) in [5.74, 6) is -0.497. The first-order chi connectivity index (χ1) is 15.1. The highest BCUT2D eigenvalue weighted by molar-refractivity contribution is 5.92. The van der Waals surface area contributed by atoms with Gasteiger partial charge in [-0.15, -0.1) is 0 Å². The normalized spacial score (nSPS) is 18.7. The average molecular weight is 454 g/mol. The molecule has 1 saturated carbocycles. The molecule has 2 aromatic heterocycles. The van der Waals surface area contributed by atoms with Gasteiger partial charge in [0, 0.05) is 38.2 Å². The fourth-order valence-corrected chi connectivity index (χ4v) is 3.57. The number of alkyl halides is 3. The van der Waals surface area contributed by atoms with E-state index in [1.807, 2.05) is 6.20 Å². The number of carboxylic acids is 1. The third-order valence-corrected chi connectivity index (χ3v) is 5.58. The zero-order valence-electron chi connectivity index (χ0n) is 17.5. The first kappa shape index (κ1) is 23.6. The van der Waals surface area contributed by atoms with Crippen molar-refractivity contribution in [1.29, 1.82) is 0 Å². The number of halogens is 3. The van der Waals surface area contributed by atoms with Crippen molar-refractivity contribution < 1.29 is 27.9 Å². The number of aromatic nitrogens is 4. The van der Waals surface area contributed by atoms with Crippen LogP contribution in [0.1, 0.15) is 54.4 Å². The van der Waals surface area contributed by atoms with Crippen LogP contribution in [0.25, 0.3) is 0 Å². The number of aliphatic carboxylic acids is 1. The van der Waals surface area contributed by atoms with E-state index in [0.29, 0.717) is 18.1 Å². The van der Waals surface area contributed by atoms with E-state index in [9.17, 15) is 18.0 Å². The Morgan fingerprint density at radius 3 is 2.44 bits per heavy atom. The van der Waals surface area contributed by atoms with Gasteiger partial charge in [-0.3, -0.25) is 9.69 Å². The molecule has 4 rings (SSSR count). The van der Waals surface area contributed by atoms with Crippen molar-refractivity contribution >= 4 is 11.9 Å². The summed E-state index contributed by atoms with van der Waals surface area (Å²) in [5.41, 5.74) is 0.475. The van der Waals surface area contributed by atoms with E-state index in [-0.39, 0.29) is 11.9 Å². The van der Waals surface area contributed by atoms with Crippen LogP contribution in [0.3, 0.4) is 0 Å². The lowest BCUT2D eigenvalue weighted by molar-refractivity contribution is -0.192. The quantitative estimate of drug-likeness (QED) is 0.713. The van der Waals surface area contributed by atoms with Gasteiger partial charge >= 0.3 is 12.1 Å². The smallest absolute Gasteiger partial charge is 0.475 e. The molecule has 0 spiro atoms. The summed E-state index contributed by atoms with van der Waals surface area (Å²) in [6, 6.07) is 2.01. The molecule has 0 saturated heterocycles. The SMILES string of the molecule is CC1c2nc(C(=O)NCc3ncccn3)cn2CCN1CC1CCC1.O=C(O)C(F)(F)F. The molecule has 0 radical (unpaired) electrons. The molecule has 0 bridgehead atoms. The number of imidazole rings is 1. The Hall–Kier alpha value is -3.02. The second-order valence-corrected chi connectivity index (χ2v) is 7.80. The van der Waals surface area contributed by atoms with Gasteiger partial charge in [0.15, 0.2) is 0 Å². The molecule has 1 atom stereocenters. The molecule has 1 aliphatic carbocycles. The summed E-state index contributed by atoms with van der Waals surface area (Å²) in [5, 5.41) is 9.97. The van der Waals surface area contributed by atoms with Gasteiger partial charge in [-0.2, -0.15) is 13.2 Å². The lowest BCUT2D eigenvalue weighted by Crippen LogP contribution is -2.41. The van der Waals surface area contributed by atoms with Crippen molar-refractivity contribution in [3.05, 3.63) is 42.0 Å². The molecule has 1 fully saturated rings. The van der Waals surface area contributed by atoms with Gasteiger partial charge in [-0.1, -0.05) is 6.42 Å². The molecule has 174 valence electrons. The summed E-state index contributed by atoms with van der Waals surface area (Å²) >= 11 is 0. The van der Waals surface area contributed by atoms with Gasteiger partial charge < -0.3 is 15.0 Å². The summed E-state index contributed by atoms with van der Waals surface area (Å²) in [6.45, 7) is 5.58. The first-order valence-electron chi connectivity index (χ1n) is 10.3. The minimum atomic E-state index is -5.08. The molecule has 3 heterocycles. The van der Waals surface area contributed by atoms with Crippen LogP contribution in [0.2, 0.25) is 0 Å². The number of amides is 1. The molecule has 9 nitrogen and oxygen atoms in total. The van der Waals surface area contributed by atoms with Gasteiger partial charge in [-0.25, -0.2) is 19.7 Å². The molecule has 1 aliphatic heterocycles. The zero-order valence-corrected chi connectivity index (χ0v) is 17.5. The van der Waals surface area contributed by atoms with Gasteiger partial charge in [0.05, 0.1) is 12.6 Å². The minimum absolute atomic E-state index is 0.174. The number of carbonyl (C=O) groups excluding carboxylic acids is 1. The topological polar surface area (TPSA) is 113 Å². The molecular formula is C20H25F3N6O3. The van der Waals surface area contributed by atoms with Gasteiger partial charge in [0.2, 0.25) is 0 Å². The standard InChI is InChI=1S/C18H24N6O.C2HF3O2/c1-13-17-22-15(18(25)21-10-16-19-6-3-7-20-16)12-24(17)9-8-23(13)11-14-4-2-5-14;3-2(4,5)1(6)7/h3,6-7,12-14H,2,4-5,8-11H2,1H3,(H,21,25);(H,6,7). The van der Waals surface area contributed by atoms with Gasteiger partial charge in [0.1, 0.15) is 17.3 Å². The maximum absolute atomic E-state index is 12.4. The highest BCUT2D eigenvalue weighted by Gasteiger charge is 2.38. The largest absolute Gasteiger partial charge is 0.490 e. The van der Waals surface area contributed by atoms with Crippen LogP contribution in [0, 0.1) is 5.92 Å². The number of carbonyl (C=O) groups is 2. The van der Waals surface area contributed by atoms with E-state index in [1.165, 1.54) is 19.3 Å². The Balaban J connectivity index is 0.000000360. The third-order valence-electron chi connectivity index (χ3n) is 5.58. The Kier molecular flexibility index (Phi) is 7.44. The van der Waals surface area contributed by atoms with Gasteiger partial charge in [-0.05, 0) is 31.7 Å². The molecule has 2 N–H and O–H groups in total. The fraction of sp³-hybridized carbons (Fsp3) is 0.550. The number of hydrogen-bond acceptors (Lipinski definition) is 6. The van der Waals surface area contributed by atoms with Crippen LogP contribution in [-0.2, 0) is 17.9 Å². The maximum Gasteiger partial charge on any atom is 0.490 e.